The lowest BCUT2D eigenvalue weighted by Crippen LogP contribution is -2.55. The Morgan fingerprint density at radius 1 is 1.09 bits per heavy atom. The topological polar surface area (TPSA) is 124 Å². The first kappa shape index (κ1) is 24.6. The van der Waals surface area contributed by atoms with Gasteiger partial charge in [-0.15, -0.1) is 0 Å². The molecular weight excluding hydrogens is 458 g/mol. The van der Waals surface area contributed by atoms with Crippen molar-refractivity contribution in [3.8, 4) is 0 Å². The van der Waals surface area contributed by atoms with Gasteiger partial charge in [-0.05, 0) is 74.4 Å². The lowest BCUT2D eigenvalue weighted by molar-refractivity contribution is -0.124. The molecule has 9 nitrogen and oxygen atoms in total. The second-order valence-electron chi connectivity index (χ2n) is 9.52. The normalized spacial score (nSPS) is 22.0. The number of Topliss-reactive ketones (excluding diaryl/α,β-unsaturated/α-hetero) is 1. The average molecular weight is 490 g/mol. The van der Waals surface area contributed by atoms with Crippen LogP contribution in [-0.2, 0) is 19.6 Å². The van der Waals surface area contributed by atoms with Crippen molar-refractivity contribution < 1.29 is 27.9 Å². The van der Waals surface area contributed by atoms with Crippen LogP contribution in [0.4, 0.5) is 0 Å². The number of aliphatic hydroxyl groups is 1. The van der Waals surface area contributed by atoms with Crippen LogP contribution in [0.3, 0.4) is 0 Å². The molecule has 2 N–H and O–H groups in total. The zero-order valence-electron chi connectivity index (χ0n) is 19.5. The van der Waals surface area contributed by atoms with Crippen molar-refractivity contribution in [1.82, 2.24) is 14.5 Å². The van der Waals surface area contributed by atoms with Crippen molar-refractivity contribution in [1.29, 1.82) is 0 Å². The minimum absolute atomic E-state index is 0.0861. The lowest BCUT2D eigenvalue weighted by atomic mass is 9.86. The van der Waals surface area contributed by atoms with Gasteiger partial charge in [0.2, 0.25) is 15.9 Å². The fourth-order valence-corrected chi connectivity index (χ4v) is 6.25. The highest BCUT2D eigenvalue weighted by Crippen LogP contribution is 2.30. The third-order valence-corrected chi connectivity index (χ3v) is 8.73. The Kier molecular flexibility index (Phi) is 6.67. The van der Waals surface area contributed by atoms with Crippen LogP contribution in [0.15, 0.2) is 17.5 Å². The van der Waals surface area contributed by atoms with Crippen LogP contribution in [0.1, 0.15) is 59.2 Å². The molecule has 34 heavy (non-hydrogen) atoms. The van der Waals surface area contributed by atoms with Crippen molar-refractivity contribution in [2.24, 2.45) is 0 Å². The van der Waals surface area contributed by atoms with Gasteiger partial charge < -0.3 is 15.3 Å². The Labute approximate surface area is 199 Å². The summed E-state index contributed by atoms with van der Waals surface area (Å²) in [7, 11) is -3.71. The fraction of sp³-hybridized carbons (Fsp3) is 0.542. The number of nitrogens with one attached hydrogen (secondary N) is 1. The van der Waals surface area contributed by atoms with E-state index < -0.39 is 15.6 Å². The van der Waals surface area contributed by atoms with Crippen LogP contribution in [0.5, 0.6) is 0 Å². The molecule has 0 aliphatic carbocycles. The number of likely N-dealkylation sites (tertiary alicyclic amines) is 1. The number of hydrogen-bond donors (Lipinski definition) is 2. The molecule has 184 valence electrons. The number of ketones is 1. The zero-order chi connectivity index (χ0) is 24.7. The first-order valence-electron chi connectivity index (χ1n) is 11.6. The molecule has 1 aromatic carbocycles. The van der Waals surface area contributed by atoms with Gasteiger partial charge in [0.15, 0.2) is 5.78 Å². The molecule has 4 rings (SSSR count). The molecule has 3 fully saturated rings. The van der Waals surface area contributed by atoms with Gasteiger partial charge in [0, 0.05) is 37.2 Å². The molecule has 0 bridgehead atoms. The summed E-state index contributed by atoms with van der Waals surface area (Å²) >= 11 is 0. The Bertz CT molecular complexity index is 1120. The summed E-state index contributed by atoms with van der Waals surface area (Å²) in [6, 6.07) is 3.54. The Balaban J connectivity index is 1.45. The standard InChI is InChI=1S/C24H31N3O6S/c1-16-13-18(23(31)26-8-3-19(28)4-9-26)14-17(2)20(16)5-12-34(32,33)27-10-6-24(7-11-27)21(29)15-22(30)25-24/h5,12-14,19,28H,3-4,6-11,15H2,1-2H3,(H,25,30)/b12-5+. The van der Waals surface area contributed by atoms with Crippen LogP contribution in [-0.4, -0.2) is 78.1 Å². The van der Waals surface area contributed by atoms with Gasteiger partial charge in [-0.1, -0.05) is 0 Å². The number of piperidine rings is 2. The molecule has 0 aromatic heterocycles. The number of amides is 2. The minimum Gasteiger partial charge on any atom is -0.393 e. The maximum absolute atomic E-state index is 12.9. The summed E-state index contributed by atoms with van der Waals surface area (Å²) < 4.78 is 27.2. The smallest absolute Gasteiger partial charge is 0.253 e. The number of aliphatic hydroxyl groups excluding tert-OH is 1. The molecule has 3 heterocycles. The molecule has 3 aliphatic heterocycles. The maximum Gasteiger partial charge on any atom is 0.253 e. The molecule has 0 radical (unpaired) electrons. The second-order valence-corrected chi connectivity index (χ2v) is 11.3. The Morgan fingerprint density at radius 2 is 1.68 bits per heavy atom. The van der Waals surface area contributed by atoms with E-state index in [9.17, 15) is 27.9 Å². The molecule has 2 amide bonds. The van der Waals surface area contributed by atoms with E-state index in [1.165, 1.54) is 9.71 Å². The van der Waals surface area contributed by atoms with Crippen molar-refractivity contribution in [3.05, 3.63) is 39.8 Å². The quantitative estimate of drug-likeness (QED) is 0.611. The van der Waals surface area contributed by atoms with Crippen LogP contribution < -0.4 is 5.32 Å². The third-order valence-electron chi connectivity index (χ3n) is 7.17. The highest BCUT2D eigenvalue weighted by atomic mass is 32.2. The number of rotatable bonds is 4. The molecule has 0 saturated carbocycles. The molecular formula is C24H31N3O6S. The van der Waals surface area contributed by atoms with Crippen molar-refractivity contribution in [3.63, 3.8) is 0 Å². The van der Waals surface area contributed by atoms with Crippen molar-refractivity contribution in [2.45, 2.75) is 57.6 Å². The SMILES string of the molecule is Cc1cc(C(=O)N2CCC(O)CC2)cc(C)c1/C=C/S(=O)(=O)N1CCC2(CC1)NC(=O)CC2=O. The number of carbonyl (C=O) groups excluding carboxylic acids is 3. The maximum atomic E-state index is 12.9. The van der Waals surface area contributed by atoms with Gasteiger partial charge in [0.1, 0.15) is 5.54 Å². The van der Waals surface area contributed by atoms with E-state index in [4.69, 9.17) is 0 Å². The highest BCUT2D eigenvalue weighted by Gasteiger charge is 2.48. The highest BCUT2D eigenvalue weighted by molar-refractivity contribution is 7.92. The first-order valence-corrected chi connectivity index (χ1v) is 13.1. The molecule has 0 unspecified atom stereocenters. The minimum atomic E-state index is -3.71. The van der Waals surface area contributed by atoms with E-state index in [0.29, 0.717) is 31.5 Å². The molecule has 1 spiro atoms. The number of aryl methyl sites for hydroxylation is 2. The monoisotopic (exact) mass is 489 g/mol. The predicted molar refractivity (Wildman–Crippen MR) is 126 cm³/mol. The first-order chi connectivity index (χ1) is 16.0. The van der Waals surface area contributed by atoms with Gasteiger partial charge in [-0.25, -0.2) is 8.42 Å². The summed E-state index contributed by atoms with van der Waals surface area (Å²) in [5, 5.41) is 13.6. The average Bonchev–Trinajstić information content (AvgIpc) is 3.05. The van der Waals surface area contributed by atoms with E-state index in [0.717, 1.165) is 16.7 Å². The number of nitrogens with zero attached hydrogens (tertiary/aromatic N) is 2. The van der Waals surface area contributed by atoms with E-state index in [2.05, 4.69) is 5.32 Å². The summed E-state index contributed by atoms with van der Waals surface area (Å²) in [5.41, 5.74) is 1.96. The van der Waals surface area contributed by atoms with Crippen LogP contribution in [0.2, 0.25) is 0 Å². The van der Waals surface area contributed by atoms with E-state index in [1.54, 1.807) is 23.1 Å². The number of hydrogen-bond acceptors (Lipinski definition) is 6. The molecule has 0 atom stereocenters. The molecule has 3 saturated heterocycles. The van der Waals surface area contributed by atoms with Gasteiger partial charge in [0.05, 0.1) is 12.5 Å². The van der Waals surface area contributed by atoms with Crippen LogP contribution >= 0.6 is 0 Å². The Hall–Kier alpha value is -2.56. The van der Waals surface area contributed by atoms with Gasteiger partial charge in [-0.3, -0.25) is 14.4 Å². The van der Waals surface area contributed by atoms with Crippen molar-refractivity contribution in [2.75, 3.05) is 26.2 Å². The van der Waals surface area contributed by atoms with E-state index in [-0.39, 0.29) is 56.1 Å². The van der Waals surface area contributed by atoms with E-state index >= 15 is 0 Å². The Morgan fingerprint density at radius 3 is 2.21 bits per heavy atom. The molecule has 1 aromatic rings. The van der Waals surface area contributed by atoms with Crippen LogP contribution in [0, 0.1) is 13.8 Å². The summed E-state index contributed by atoms with van der Waals surface area (Å²) in [6.45, 7) is 5.04. The summed E-state index contributed by atoms with van der Waals surface area (Å²) in [4.78, 5) is 38.4. The van der Waals surface area contributed by atoms with Gasteiger partial charge in [-0.2, -0.15) is 4.31 Å². The predicted octanol–water partition coefficient (Wildman–Crippen LogP) is 1.12. The van der Waals surface area contributed by atoms with Crippen LogP contribution in [0.25, 0.3) is 6.08 Å². The van der Waals surface area contributed by atoms with Gasteiger partial charge in [0.25, 0.3) is 5.91 Å². The zero-order valence-corrected chi connectivity index (χ0v) is 20.4. The lowest BCUT2D eigenvalue weighted by Gasteiger charge is -2.36. The van der Waals surface area contributed by atoms with Crippen molar-refractivity contribution >= 4 is 33.7 Å². The fourth-order valence-electron chi connectivity index (χ4n) is 5.07. The third kappa shape index (κ3) is 4.80. The second kappa shape index (κ2) is 9.24. The summed E-state index contributed by atoms with van der Waals surface area (Å²) in [6.07, 6.45) is 2.74. The molecule has 3 aliphatic rings. The summed E-state index contributed by atoms with van der Waals surface area (Å²) in [5.74, 6) is -0.546. The van der Waals surface area contributed by atoms with E-state index in [1.807, 2.05) is 13.8 Å². The molecule has 10 heteroatoms. The number of carbonyl (C=O) groups is 3. The number of sulfonamides is 1. The van der Waals surface area contributed by atoms with Gasteiger partial charge >= 0.3 is 0 Å². The number of benzene rings is 1. The largest absolute Gasteiger partial charge is 0.393 e.